The molecule has 14 heavy (non-hydrogen) atoms. The standard InChI is InChI=1S/C12H25NO/c1-2-13-12(10-11-14)8-6-4-3-5-7-9-12/h13-14H,2-11H2,1H3. The quantitative estimate of drug-likeness (QED) is 0.729. The summed E-state index contributed by atoms with van der Waals surface area (Å²) in [6, 6.07) is 0. The van der Waals surface area contributed by atoms with Crippen molar-refractivity contribution in [3.05, 3.63) is 0 Å². The van der Waals surface area contributed by atoms with Crippen LogP contribution in [0.2, 0.25) is 0 Å². The van der Waals surface area contributed by atoms with Gasteiger partial charge in [0, 0.05) is 12.1 Å². The van der Waals surface area contributed by atoms with Gasteiger partial charge in [-0.2, -0.15) is 0 Å². The molecule has 0 aromatic heterocycles. The Hall–Kier alpha value is -0.0800. The van der Waals surface area contributed by atoms with Gasteiger partial charge in [0.15, 0.2) is 0 Å². The van der Waals surface area contributed by atoms with E-state index in [9.17, 15) is 0 Å². The van der Waals surface area contributed by atoms with E-state index >= 15 is 0 Å². The van der Waals surface area contributed by atoms with Crippen LogP contribution in [0.15, 0.2) is 0 Å². The topological polar surface area (TPSA) is 32.3 Å². The number of aliphatic hydroxyl groups is 1. The Morgan fingerprint density at radius 1 is 1.07 bits per heavy atom. The Bertz CT molecular complexity index is 131. The second-order valence-electron chi connectivity index (χ2n) is 4.55. The first kappa shape index (κ1) is 12.0. The lowest BCUT2D eigenvalue weighted by Crippen LogP contribution is -2.46. The predicted molar refractivity (Wildman–Crippen MR) is 60.4 cm³/mol. The van der Waals surface area contributed by atoms with Crippen molar-refractivity contribution in [2.45, 2.75) is 63.8 Å². The molecule has 0 aromatic carbocycles. The van der Waals surface area contributed by atoms with Crippen LogP contribution in [0.4, 0.5) is 0 Å². The molecule has 2 N–H and O–H groups in total. The van der Waals surface area contributed by atoms with E-state index < -0.39 is 0 Å². The number of nitrogens with one attached hydrogen (secondary N) is 1. The average Bonchev–Trinajstić information content (AvgIpc) is 2.12. The largest absolute Gasteiger partial charge is 0.396 e. The first-order valence-corrected chi connectivity index (χ1v) is 6.19. The van der Waals surface area contributed by atoms with Crippen LogP contribution in [-0.2, 0) is 0 Å². The van der Waals surface area contributed by atoms with Crippen molar-refractivity contribution in [2.75, 3.05) is 13.2 Å². The molecule has 0 aromatic rings. The third kappa shape index (κ3) is 3.58. The summed E-state index contributed by atoms with van der Waals surface area (Å²) < 4.78 is 0. The van der Waals surface area contributed by atoms with Gasteiger partial charge in [-0.05, 0) is 25.8 Å². The van der Waals surface area contributed by atoms with Gasteiger partial charge in [-0.3, -0.25) is 0 Å². The maximum atomic E-state index is 9.13. The molecule has 0 amide bonds. The molecule has 0 atom stereocenters. The molecule has 1 aliphatic carbocycles. The van der Waals surface area contributed by atoms with Gasteiger partial charge in [0.1, 0.15) is 0 Å². The van der Waals surface area contributed by atoms with Crippen LogP contribution in [0.5, 0.6) is 0 Å². The van der Waals surface area contributed by atoms with Crippen LogP contribution in [-0.4, -0.2) is 23.8 Å². The van der Waals surface area contributed by atoms with E-state index in [1.54, 1.807) is 0 Å². The lowest BCUT2D eigenvalue weighted by Gasteiger charge is -2.36. The molecule has 1 fully saturated rings. The van der Waals surface area contributed by atoms with E-state index in [2.05, 4.69) is 12.2 Å². The van der Waals surface area contributed by atoms with Gasteiger partial charge in [0.05, 0.1) is 0 Å². The molecule has 0 radical (unpaired) electrons. The van der Waals surface area contributed by atoms with Crippen LogP contribution in [0.3, 0.4) is 0 Å². The minimum Gasteiger partial charge on any atom is -0.396 e. The van der Waals surface area contributed by atoms with Crippen molar-refractivity contribution < 1.29 is 5.11 Å². The predicted octanol–water partition coefficient (Wildman–Crippen LogP) is 2.46. The first-order valence-electron chi connectivity index (χ1n) is 6.19. The van der Waals surface area contributed by atoms with Gasteiger partial charge in [-0.25, -0.2) is 0 Å². The van der Waals surface area contributed by atoms with Crippen molar-refractivity contribution in [1.82, 2.24) is 5.32 Å². The molecular formula is C12H25NO. The highest BCUT2D eigenvalue weighted by Crippen LogP contribution is 2.28. The Morgan fingerprint density at radius 3 is 2.14 bits per heavy atom. The fourth-order valence-corrected chi connectivity index (χ4v) is 2.69. The summed E-state index contributed by atoms with van der Waals surface area (Å²) in [6.07, 6.45) is 10.2. The second-order valence-corrected chi connectivity index (χ2v) is 4.55. The zero-order chi connectivity index (χ0) is 10.3. The summed E-state index contributed by atoms with van der Waals surface area (Å²) in [5.41, 5.74) is 0.254. The third-order valence-electron chi connectivity index (χ3n) is 3.45. The van der Waals surface area contributed by atoms with Crippen LogP contribution in [0.25, 0.3) is 0 Å². The maximum Gasteiger partial charge on any atom is 0.0448 e. The van der Waals surface area contributed by atoms with E-state index in [1.807, 2.05) is 0 Å². The first-order chi connectivity index (χ1) is 6.83. The molecule has 0 spiro atoms. The molecule has 0 saturated heterocycles. The zero-order valence-electron chi connectivity index (χ0n) is 9.52. The van der Waals surface area contributed by atoms with Crippen LogP contribution in [0, 0.1) is 0 Å². The van der Waals surface area contributed by atoms with Gasteiger partial charge in [-0.1, -0.05) is 39.0 Å². The molecule has 0 aliphatic heterocycles. The minimum absolute atomic E-state index is 0.254. The van der Waals surface area contributed by atoms with E-state index in [0.717, 1.165) is 13.0 Å². The van der Waals surface area contributed by atoms with E-state index in [4.69, 9.17) is 5.11 Å². The van der Waals surface area contributed by atoms with Crippen molar-refractivity contribution in [3.63, 3.8) is 0 Å². The zero-order valence-corrected chi connectivity index (χ0v) is 9.52. The lowest BCUT2D eigenvalue weighted by molar-refractivity contribution is 0.178. The van der Waals surface area contributed by atoms with Gasteiger partial charge in [0.2, 0.25) is 0 Å². The van der Waals surface area contributed by atoms with Crippen molar-refractivity contribution >= 4 is 0 Å². The molecule has 0 heterocycles. The average molecular weight is 199 g/mol. The van der Waals surface area contributed by atoms with E-state index in [0.29, 0.717) is 6.61 Å². The molecule has 1 aliphatic rings. The molecular weight excluding hydrogens is 174 g/mol. The molecule has 1 saturated carbocycles. The number of hydrogen-bond acceptors (Lipinski definition) is 2. The summed E-state index contributed by atoms with van der Waals surface area (Å²) in [7, 11) is 0. The minimum atomic E-state index is 0.254. The Morgan fingerprint density at radius 2 is 1.64 bits per heavy atom. The van der Waals surface area contributed by atoms with E-state index in [1.165, 1.54) is 44.9 Å². The second kappa shape index (κ2) is 6.41. The van der Waals surface area contributed by atoms with Gasteiger partial charge >= 0.3 is 0 Å². The summed E-state index contributed by atoms with van der Waals surface area (Å²) >= 11 is 0. The fourth-order valence-electron chi connectivity index (χ4n) is 2.69. The van der Waals surface area contributed by atoms with Gasteiger partial charge in [-0.15, -0.1) is 0 Å². The number of rotatable bonds is 4. The van der Waals surface area contributed by atoms with Crippen molar-refractivity contribution in [3.8, 4) is 0 Å². The van der Waals surface area contributed by atoms with E-state index in [-0.39, 0.29) is 5.54 Å². The summed E-state index contributed by atoms with van der Waals surface area (Å²) in [6.45, 7) is 3.52. The lowest BCUT2D eigenvalue weighted by atomic mass is 9.81. The molecule has 0 bridgehead atoms. The SMILES string of the molecule is CCNC1(CCO)CCCCCCC1. The Labute approximate surface area is 88.1 Å². The van der Waals surface area contributed by atoms with Crippen molar-refractivity contribution in [1.29, 1.82) is 0 Å². The summed E-state index contributed by atoms with van der Waals surface area (Å²) in [5.74, 6) is 0. The Kier molecular flexibility index (Phi) is 5.49. The highest BCUT2D eigenvalue weighted by Gasteiger charge is 2.28. The molecule has 2 nitrogen and oxygen atoms in total. The Balaban J connectivity index is 2.50. The highest BCUT2D eigenvalue weighted by molar-refractivity contribution is 4.88. The number of aliphatic hydroxyl groups excluding tert-OH is 1. The van der Waals surface area contributed by atoms with Gasteiger partial charge in [0.25, 0.3) is 0 Å². The maximum absolute atomic E-state index is 9.13. The normalized spacial score (nSPS) is 22.7. The summed E-state index contributed by atoms with van der Waals surface area (Å²) in [4.78, 5) is 0. The van der Waals surface area contributed by atoms with Gasteiger partial charge < -0.3 is 10.4 Å². The van der Waals surface area contributed by atoms with Crippen LogP contribution >= 0.6 is 0 Å². The number of hydrogen-bond donors (Lipinski definition) is 2. The third-order valence-corrected chi connectivity index (χ3v) is 3.45. The molecule has 84 valence electrons. The fraction of sp³-hybridized carbons (Fsp3) is 1.00. The van der Waals surface area contributed by atoms with Crippen LogP contribution < -0.4 is 5.32 Å². The highest BCUT2D eigenvalue weighted by atomic mass is 16.3. The molecule has 2 heteroatoms. The molecule has 0 unspecified atom stereocenters. The van der Waals surface area contributed by atoms with Crippen LogP contribution in [0.1, 0.15) is 58.3 Å². The smallest absolute Gasteiger partial charge is 0.0448 e. The summed E-state index contributed by atoms with van der Waals surface area (Å²) in [5, 5.41) is 12.7. The monoisotopic (exact) mass is 199 g/mol. The van der Waals surface area contributed by atoms with Crippen molar-refractivity contribution in [2.24, 2.45) is 0 Å². The molecule has 1 rings (SSSR count).